The van der Waals surface area contributed by atoms with Gasteiger partial charge in [-0.25, -0.2) is 0 Å². The zero-order chi connectivity index (χ0) is 11.5. The van der Waals surface area contributed by atoms with E-state index in [1.54, 1.807) is 6.07 Å². The SMILES string of the molecule is CCC(CC1CC1)Nc1ccc(Cl)cc1N. The molecule has 0 spiro atoms. The molecule has 1 atom stereocenters. The predicted molar refractivity (Wildman–Crippen MR) is 70.9 cm³/mol. The lowest BCUT2D eigenvalue weighted by molar-refractivity contribution is 0.587. The van der Waals surface area contributed by atoms with Gasteiger partial charge >= 0.3 is 0 Å². The average Bonchev–Trinajstić information content (AvgIpc) is 3.04. The minimum absolute atomic E-state index is 0.538. The molecule has 0 radical (unpaired) electrons. The summed E-state index contributed by atoms with van der Waals surface area (Å²) in [7, 11) is 0. The summed E-state index contributed by atoms with van der Waals surface area (Å²) in [6, 6.07) is 6.18. The Kier molecular flexibility index (Phi) is 3.59. The molecule has 3 heteroatoms. The molecule has 0 saturated heterocycles. The van der Waals surface area contributed by atoms with E-state index < -0.39 is 0 Å². The van der Waals surface area contributed by atoms with Crippen LogP contribution >= 0.6 is 11.6 Å². The molecule has 16 heavy (non-hydrogen) atoms. The van der Waals surface area contributed by atoms with Crippen molar-refractivity contribution in [2.75, 3.05) is 11.1 Å². The van der Waals surface area contributed by atoms with E-state index in [4.69, 9.17) is 17.3 Å². The molecule has 1 unspecified atom stereocenters. The van der Waals surface area contributed by atoms with Crippen molar-refractivity contribution < 1.29 is 0 Å². The van der Waals surface area contributed by atoms with Crippen LogP contribution in [0.3, 0.4) is 0 Å². The molecule has 0 aromatic heterocycles. The fourth-order valence-corrected chi connectivity index (χ4v) is 2.15. The molecular weight excluding hydrogens is 220 g/mol. The Hall–Kier alpha value is -0.890. The van der Waals surface area contributed by atoms with Crippen LogP contribution in [0.15, 0.2) is 18.2 Å². The highest BCUT2D eigenvalue weighted by Gasteiger charge is 2.24. The number of nitrogens with one attached hydrogen (secondary N) is 1. The highest BCUT2D eigenvalue weighted by molar-refractivity contribution is 6.31. The molecule has 0 aliphatic heterocycles. The zero-order valence-electron chi connectivity index (χ0n) is 9.67. The van der Waals surface area contributed by atoms with E-state index in [9.17, 15) is 0 Å². The van der Waals surface area contributed by atoms with E-state index in [-0.39, 0.29) is 0 Å². The normalized spacial score (nSPS) is 17.1. The van der Waals surface area contributed by atoms with Crippen molar-refractivity contribution in [2.24, 2.45) is 5.92 Å². The zero-order valence-corrected chi connectivity index (χ0v) is 10.4. The molecule has 1 aromatic rings. The van der Waals surface area contributed by atoms with Gasteiger partial charge in [-0.15, -0.1) is 0 Å². The minimum Gasteiger partial charge on any atom is -0.397 e. The fraction of sp³-hybridized carbons (Fsp3) is 0.538. The smallest absolute Gasteiger partial charge is 0.0577 e. The standard InChI is InChI=1S/C13H19ClN2/c1-2-11(7-9-3-4-9)16-13-6-5-10(14)8-12(13)15/h5-6,8-9,11,16H,2-4,7,15H2,1H3. The summed E-state index contributed by atoms with van der Waals surface area (Å²) in [4.78, 5) is 0. The summed E-state index contributed by atoms with van der Waals surface area (Å²) in [6.07, 6.45) is 5.19. The van der Waals surface area contributed by atoms with Crippen molar-refractivity contribution in [1.82, 2.24) is 0 Å². The van der Waals surface area contributed by atoms with Crippen LogP contribution in [0, 0.1) is 5.92 Å². The van der Waals surface area contributed by atoms with Crippen LogP contribution in [0.5, 0.6) is 0 Å². The largest absolute Gasteiger partial charge is 0.397 e. The lowest BCUT2D eigenvalue weighted by Gasteiger charge is -2.19. The summed E-state index contributed by atoms with van der Waals surface area (Å²) in [5, 5.41) is 4.20. The Morgan fingerprint density at radius 3 is 2.81 bits per heavy atom. The van der Waals surface area contributed by atoms with Crippen molar-refractivity contribution in [3.63, 3.8) is 0 Å². The number of hydrogen-bond acceptors (Lipinski definition) is 2. The van der Waals surface area contributed by atoms with E-state index in [0.717, 1.165) is 23.7 Å². The van der Waals surface area contributed by atoms with E-state index in [1.807, 2.05) is 12.1 Å². The number of halogens is 1. The highest BCUT2D eigenvalue weighted by atomic mass is 35.5. The maximum Gasteiger partial charge on any atom is 0.0577 e. The summed E-state index contributed by atoms with van der Waals surface area (Å²) in [5.41, 5.74) is 7.67. The molecule has 1 saturated carbocycles. The Balaban J connectivity index is 1.99. The van der Waals surface area contributed by atoms with Crippen molar-refractivity contribution in [1.29, 1.82) is 0 Å². The van der Waals surface area contributed by atoms with Gasteiger partial charge in [0.1, 0.15) is 0 Å². The number of rotatable bonds is 5. The second-order valence-corrected chi connectivity index (χ2v) is 5.10. The predicted octanol–water partition coefficient (Wildman–Crippen LogP) is 3.91. The highest BCUT2D eigenvalue weighted by Crippen LogP contribution is 2.35. The third-order valence-corrected chi connectivity index (χ3v) is 3.42. The number of anilines is 2. The van der Waals surface area contributed by atoms with Gasteiger partial charge in [0, 0.05) is 11.1 Å². The second-order valence-electron chi connectivity index (χ2n) is 4.66. The molecule has 1 aromatic carbocycles. The summed E-state index contributed by atoms with van der Waals surface area (Å²) in [5.74, 6) is 0.936. The second kappa shape index (κ2) is 4.96. The van der Waals surface area contributed by atoms with Crippen LogP contribution in [0.2, 0.25) is 5.02 Å². The Labute approximate surface area is 102 Å². The molecule has 3 N–H and O–H groups in total. The van der Waals surface area contributed by atoms with Gasteiger partial charge in [-0.2, -0.15) is 0 Å². The monoisotopic (exact) mass is 238 g/mol. The van der Waals surface area contributed by atoms with Gasteiger partial charge in [0.15, 0.2) is 0 Å². The van der Waals surface area contributed by atoms with Crippen molar-refractivity contribution in [3.05, 3.63) is 23.2 Å². The maximum atomic E-state index is 5.92. The van der Waals surface area contributed by atoms with Crippen molar-refractivity contribution in [2.45, 2.75) is 38.6 Å². The van der Waals surface area contributed by atoms with Crippen LogP contribution in [0.4, 0.5) is 11.4 Å². The topological polar surface area (TPSA) is 38.0 Å². The maximum absolute atomic E-state index is 5.92. The van der Waals surface area contributed by atoms with Gasteiger partial charge in [0.2, 0.25) is 0 Å². The van der Waals surface area contributed by atoms with Gasteiger partial charge < -0.3 is 11.1 Å². The minimum atomic E-state index is 0.538. The van der Waals surface area contributed by atoms with Crippen LogP contribution in [0.25, 0.3) is 0 Å². The molecule has 2 rings (SSSR count). The van der Waals surface area contributed by atoms with Crippen molar-refractivity contribution >= 4 is 23.0 Å². The van der Waals surface area contributed by atoms with E-state index in [1.165, 1.54) is 19.3 Å². The van der Waals surface area contributed by atoms with Crippen molar-refractivity contribution in [3.8, 4) is 0 Å². The lowest BCUT2D eigenvalue weighted by Crippen LogP contribution is -2.19. The molecule has 1 aliphatic carbocycles. The molecule has 0 bridgehead atoms. The summed E-state index contributed by atoms with van der Waals surface area (Å²) < 4.78 is 0. The molecule has 1 aliphatic rings. The van der Waals surface area contributed by atoms with Crippen LogP contribution < -0.4 is 11.1 Å². The van der Waals surface area contributed by atoms with Crippen LogP contribution in [0.1, 0.15) is 32.6 Å². The Morgan fingerprint density at radius 1 is 1.50 bits per heavy atom. The summed E-state index contributed by atoms with van der Waals surface area (Å²) in [6.45, 7) is 2.21. The Bertz CT molecular complexity index is 361. The van der Waals surface area contributed by atoms with Crippen LogP contribution in [-0.4, -0.2) is 6.04 Å². The third kappa shape index (κ3) is 3.05. The molecular formula is C13H19ClN2. The number of nitrogen functional groups attached to an aromatic ring is 1. The quantitative estimate of drug-likeness (QED) is 0.764. The number of nitrogens with two attached hydrogens (primary N) is 1. The van der Waals surface area contributed by atoms with E-state index in [0.29, 0.717) is 11.1 Å². The summed E-state index contributed by atoms with van der Waals surface area (Å²) >= 11 is 5.87. The number of benzene rings is 1. The first-order valence-electron chi connectivity index (χ1n) is 6.00. The lowest BCUT2D eigenvalue weighted by atomic mass is 10.1. The van der Waals surface area contributed by atoms with Crippen LogP contribution in [-0.2, 0) is 0 Å². The van der Waals surface area contributed by atoms with E-state index >= 15 is 0 Å². The van der Waals surface area contributed by atoms with Gasteiger partial charge in [-0.1, -0.05) is 31.4 Å². The van der Waals surface area contributed by atoms with Gasteiger partial charge in [0.25, 0.3) is 0 Å². The first-order chi connectivity index (χ1) is 7.69. The number of hydrogen-bond donors (Lipinski definition) is 2. The molecule has 2 nitrogen and oxygen atoms in total. The fourth-order valence-electron chi connectivity index (χ4n) is 1.97. The first-order valence-corrected chi connectivity index (χ1v) is 6.38. The first kappa shape index (κ1) is 11.6. The van der Waals surface area contributed by atoms with Gasteiger partial charge in [-0.3, -0.25) is 0 Å². The van der Waals surface area contributed by atoms with E-state index in [2.05, 4.69) is 12.2 Å². The van der Waals surface area contributed by atoms with Gasteiger partial charge in [0.05, 0.1) is 11.4 Å². The molecule has 88 valence electrons. The average molecular weight is 239 g/mol. The third-order valence-electron chi connectivity index (χ3n) is 3.18. The molecule has 1 fully saturated rings. The molecule has 0 heterocycles. The molecule has 0 amide bonds. The van der Waals surface area contributed by atoms with Gasteiger partial charge in [-0.05, 0) is 37.0 Å². The Morgan fingerprint density at radius 2 is 2.25 bits per heavy atom.